The van der Waals surface area contributed by atoms with Crippen LogP contribution in [-0.4, -0.2) is 80.6 Å². The van der Waals surface area contributed by atoms with Gasteiger partial charge in [-0.2, -0.15) is 4.31 Å². The zero-order valence-corrected chi connectivity index (χ0v) is 18.4. The van der Waals surface area contributed by atoms with Crippen molar-refractivity contribution in [1.82, 2.24) is 13.8 Å². The van der Waals surface area contributed by atoms with E-state index in [2.05, 4.69) is 4.90 Å². The Balaban J connectivity index is 1.45. The third-order valence-corrected chi connectivity index (χ3v) is 7.68. The molecule has 2 fully saturated rings. The van der Waals surface area contributed by atoms with Gasteiger partial charge < -0.3 is 19.1 Å². The Morgan fingerprint density at radius 1 is 1.00 bits per heavy atom. The van der Waals surface area contributed by atoms with E-state index in [1.165, 1.54) is 16.6 Å². The maximum atomic E-state index is 13.1. The molecule has 0 N–H and O–H groups in total. The number of aryl methyl sites for hydroxylation is 1. The van der Waals surface area contributed by atoms with Crippen LogP contribution in [0.2, 0.25) is 5.02 Å². The number of ether oxygens (including phenoxy) is 1. The van der Waals surface area contributed by atoms with Crippen molar-refractivity contribution in [2.45, 2.75) is 4.90 Å². The van der Waals surface area contributed by atoms with Crippen LogP contribution in [0, 0.1) is 0 Å². The van der Waals surface area contributed by atoms with E-state index in [9.17, 15) is 13.2 Å². The number of amides is 1. The second-order valence-corrected chi connectivity index (χ2v) is 9.82. The van der Waals surface area contributed by atoms with Crippen molar-refractivity contribution in [3.8, 4) is 0 Å². The Kier molecular flexibility index (Phi) is 6.06. The van der Waals surface area contributed by atoms with Crippen LogP contribution in [0.4, 0.5) is 5.69 Å². The number of sulfonamides is 1. The number of halogens is 1. The maximum absolute atomic E-state index is 13.1. The van der Waals surface area contributed by atoms with Gasteiger partial charge in [0.2, 0.25) is 10.0 Å². The fourth-order valence-electron chi connectivity index (χ4n) is 3.81. The largest absolute Gasteiger partial charge is 0.379 e. The van der Waals surface area contributed by atoms with Gasteiger partial charge in [0.1, 0.15) is 10.6 Å². The Morgan fingerprint density at radius 3 is 2.27 bits per heavy atom. The highest BCUT2D eigenvalue weighted by Gasteiger charge is 2.30. The van der Waals surface area contributed by atoms with Crippen LogP contribution in [-0.2, 0) is 21.8 Å². The molecule has 0 radical (unpaired) electrons. The van der Waals surface area contributed by atoms with Crippen molar-refractivity contribution in [2.24, 2.45) is 7.05 Å². The van der Waals surface area contributed by atoms with Gasteiger partial charge >= 0.3 is 0 Å². The predicted molar refractivity (Wildman–Crippen MR) is 115 cm³/mol. The van der Waals surface area contributed by atoms with Crippen molar-refractivity contribution < 1.29 is 17.9 Å². The lowest BCUT2D eigenvalue weighted by Crippen LogP contribution is -2.49. The van der Waals surface area contributed by atoms with Gasteiger partial charge in [-0.25, -0.2) is 8.42 Å². The quantitative estimate of drug-likeness (QED) is 0.705. The zero-order valence-electron chi connectivity index (χ0n) is 16.8. The highest BCUT2D eigenvalue weighted by molar-refractivity contribution is 7.89. The molecule has 0 saturated carbocycles. The summed E-state index contributed by atoms with van der Waals surface area (Å²) in [5.74, 6) is -0.156. The average molecular weight is 453 g/mol. The number of nitrogens with zero attached hydrogens (tertiary/aromatic N) is 4. The SMILES string of the molecule is Cn1cc(S(=O)(=O)N2CCOCC2)cc1C(=O)N1CCN(c2ccc(Cl)cc2)CC1. The summed E-state index contributed by atoms with van der Waals surface area (Å²) in [6, 6.07) is 9.14. The molecule has 1 aromatic carbocycles. The van der Waals surface area contributed by atoms with Crippen molar-refractivity contribution in [1.29, 1.82) is 0 Å². The van der Waals surface area contributed by atoms with Crippen LogP contribution in [0.3, 0.4) is 0 Å². The summed E-state index contributed by atoms with van der Waals surface area (Å²) in [6.45, 7) is 3.97. The summed E-state index contributed by atoms with van der Waals surface area (Å²) in [4.78, 5) is 17.2. The van der Waals surface area contributed by atoms with E-state index in [4.69, 9.17) is 16.3 Å². The first-order chi connectivity index (χ1) is 14.4. The minimum Gasteiger partial charge on any atom is -0.379 e. The number of hydrogen-bond donors (Lipinski definition) is 0. The topological polar surface area (TPSA) is 75.1 Å². The van der Waals surface area contributed by atoms with Gasteiger partial charge in [0.05, 0.1) is 13.2 Å². The number of carbonyl (C=O) groups is 1. The Bertz CT molecular complexity index is 1010. The van der Waals surface area contributed by atoms with Crippen LogP contribution < -0.4 is 4.90 Å². The maximum Gasteiger partial charge on any atom is 0.270 e. The molecule has 2 aromatic rings. The second kappa shape index (κ2) is 8.58. The molecular weight excluding hydrogens is 428 g/mol. The van der Waals surface area contributed by atoms with Gasteiger partial charge in [0, 0.05) is 63.2 Å². The molecule has 4 rings (SSSR count). The molecule has 2 aliphatic heterocycles. The third-order valence-electron chi connectivity index (χ3n) is 5.57. The molecule has 30 heavy (non-hydrogen) atoms. The van der Waals surface area contributed by atoms with Crippen LogP contribution in [0.5, 0.6) is 0 Å². The summed E-state index contributed by atoms with van der Waals surface area (Å²) in [7, 11) is -1.93. The second-order valence-electron chi connectivity index (χ2n) is 7.44. The number of anilines is 1. The van der Waals surface area contributed by atoms with E-state index in [1.807, 2.05) is 24.3 Å². The summed E-state index contributed by atoms with van der Waals surface area (Å²) in [6.07, 6.45) is 1.52. The number of benzene rings is 1. The third kappa shape index (κ3) is 4.20. The molecule has 0 spiro atoms. The summed E-state index contributed by atoms with van der Waals surface area (Å²) in [5, 5.41) is 0.694. The van der Waals surface area contributed by atoms with Crippen LogP contribution in [0.1, 0.15) is 10.5 Å². The molecule has 0 aliphatic carbocycles. The number of morpholine rings is 1. The standard InChI is InChI=1S/C20H25ClN4O4S/c1-22-15-18(30(27,28)25-10-12-29-13-11-25)14-19(22)20(26)24-8-6-23(7-9-24)17-4-2-16(21)3-5-17/h2-5,14-15H,6-13H2,1H3. The highest BCUT2D eigenvalue weighted by atomic mass is 35.5. The minimum absolute atomic E-state index is 0.148. The van der Waals surface area contributed by atoms with Gasteiger partial charge in [0.15, 0.2) is 0 Å². The molecular formula is C20H25ClN4O4S. The zero-order chi connectivity index (χ0) is 21.3. The van der Waals surface area contributed by atoms with E-state index >= 15 is 0 Å². The van der Waals surface area contributed by atoms with E-state index in [1.54, 1.807) is 16.5 Å². The average Bonchev–Trinajstić information content (AvgIpc) is 3.17. The Labute approximate surface area is 181 Å². The normalized spacial score (nSPS) is 18.6. The first kappa shape index (κ1) is 21.2. The molecule has 0 bridgehead atoms. The van der Waals surface area contributed by atoms with Gasteiger partial charge in [-0.1, -0.05) is 11.6 Å². The van der Waals surface area contributed by atoms with E-state index in [-0.39, 0.29) is 10.8 Å². The summed E-state index contributed by atoms with van der Waals surface area (Å²) < 4.78 is 34.0. The molecule has 10 heteroatoms. The minimum atomic E-state index is -3.63. The lowest BCUT2D eigenvalue weighted by molar-refractivity contribution is 0.0729. The molecule has 162 valence electrons. The van der Waals surface area contributed by atoms with E-state index in [0.717, 1.165) is 5.69 Å². The molecule has 0 atom stereocenters. The predicted octanol–water partition coefficient (Wildman–Crippen LogP) is 1.66. The molecule has 8 nitrogen and oxygen atoms in total. The Morgan fingerprint density at radius 2 is 1.63 bits per heavy atom. The number of piperazine rings is 1. The monoisotopic (exact) mass is 452 g/mol. The molecule has 0 unspecified atom stereocenters. The first-order valence-electron chi connectivity index (χ1n) is 9.90. The van der Waals surface area contributed by atoms with Gasteiger partial charge in [-0.15, -0.1) is 0 Å². The highest BCUT2D eigenvalue weighted by Crippen LogP contribution is 2.23. The number of hydrogen-bond acceptors (Lipinski definition) is 5. The van der Waals surface area contributed by atoms with Crippen molar-refractivity contribution in [2.75, 3.05) is 57.4 Å². The lowest BCUT2D eigenvalue weighted by Gasteiger charge is -2.36. The fourth-order valence-corrected chi connectivity index (χ4v) is 5.41. The van der Waals surface area contributed by atoms with Gasteiger partial charge in [-0.05, 0) is 30.3 Å². The van der Waals surface area contributed by atoms with Crippen LogP contribution >= 0.6 is 11.6 Å². The van der Waals surface area contributed by atoms with Crippen LogP contribution in [0.25, 0.3) is 0 Å². The summed E-state index contributed by atoms with van der Waals surface area (Å²) in [5.41, 5.74) is 1.45. The molecule has 3 heterocycles. The Hall–Kier alpha value is -2.07. The number of rotatable bonds is 4. The van der Waals surface area contributed by atoms with E-state index in [0.29, 0.717) is 63.2 Å². The number of aromatic nitrogens is 1. The van der Waals surface area contributed by atoms with Crippen LogP contribution in [0.15, 0.2) is 41.4 Å². The number of carbonyl (C=O) groups excluding carboxylic acids is 1. The smallest absolute Gasteiger partial charge is 0.270 e. The summed E-state index contributed by atoms with van der Waals surface area (Å²) >= 11 is 5.96. The molecule has 1 aromatic heterocycles. The van der Waals surface area contributed by atoms with Gasteiger partial charge in [-0.3, -0.25) is 4.79 Å². The fraction of sp³-hybridized carbons (Fsp3) is 0.450. The molecule has 1 amide bonds. The van der Waals surface area contributed by atoms with E-state index < -0.39 is 10.0 Å². The lowest BCUT2D eigenvalue weighted by atomic mass is 10.2. The van der Waals surface area contributed by atoms with Crippen molar-refractivity contribution >= 4 is 33.2 Å². The van der Waals surface area contributed by atoms with Gasteiger partial charge in [0.25, 0.3) is 5.91 Å². The van der Waals surface area contributed by atoms with Crippen molar-refractivity contribution in [3.05, 3.63) is 47.2 Å². The van der Waals surface area contributed by atoms with Crippen molar-refractivity contribution in [3.63, 3.8) is 0 Å². The first-order valence-corrected chi connectivity index (χ1v) is 11.7. The molecule has 2 aliphatic rings. The molecule has 2 saturated heterocycles.